The van der Waals surface area contributed by atoms with Gasteiger partial charge in [-0.25, -0.2) is 4.79 Å². The van der Waals surface area contributed by atoms with Crippen LogP contribution in [0.5, 0.6) is 11.5 Å². The zero-order chi connectivity index (χ0) is 28.1. The second kappa shape index (κ2) is 12.0. The average molecular weight is 591 g/mol. The van der Waals surface area contributed by atoms with Gasteiger partial charge in [0, 0.05) is 18.3 Å². The van der Waals surface area contributed by atoms with Crippen molar-refractivity contribution in [2.24, 2.45) is 5.16 Å². The Labute approximate surface area is 223 Å². The minimum Gasteiger partial charge on any atom is -0.461 e. The van der Waals surface area contributed by atoms with Crippen molar-refractivity contribution in [1.29, 1.82) is 0 Å². The van der Waals surface area contributed by atoms with Crippen molar-refractivity contribution >= 4 is 53.0 Å². The molecule has 0 saturated heterocycles. The van der Waals surface area contributed by atoms with Crippen molar-refractivity contribution in [3.63, 3.8) is 0 Å². The minimum absolute atomic E-state index is 0.0338. The van der Waals surface area contributed by atoms with E-state index in [1.165, 1.54) is 6.92 Å². The fourth-order valence-electron chi connectivity index (χ4n) is 3.06. The molecule has 3 aromatic rings. The molecule has 0 aliphatic heterocycles. The molecule has 0 N–H and O–H groups in total. The van der Waals surface area contributed by atoms with E-state index in [1.54, 1.807) is 24.4 Å². The van der Waals surface area contributed by atoms with E-state index in [4.69, 9.17) is 25.7 Å². The van der Waals surface area contributed by atoms with Crippen LogP contribution >= 0.6 is 30.3 Å². The van der Waals surface area contributed by atoms with E-state index in [0.29, 0.717) is 10.9 Å². The molecule has 3 rings (SSSR count). The fourth-order valence-corrected chi connectivity index (χ4v) is 5.55. The van der Waals surface area contributed by atoms with Crippen molar-refractivity contribution in [1.82, 2.24) is 0 Å². The van der Waals surface area contributed by atoms with Gasteiger partial charge in [0.25, 0.3) is 5.69 Å². The molecule has 1 unspecified atom stereocenters. The van der Waals surface area contributed by atoms with Crippen LogP contribution in [0.25, 0.3) is 0 Å². The van der Waals surface area contributed by atoms with Gasteiger partial charge in [-0.3, -0.25) is 14.7 Å². The number of nitro benzene ring substituents is 1. The number of carbonyl (C=O) groups excluding carboxylic acids is 1. The highest BCUT2D eigenvalue weighted by molar-refractivity contribution is 7.67. The van der Waals surface area contributed by atoms with Gasteiger partial charge in [0.05, 0.1) is 27.0 Å². The second-order valence-electron chi connectivity index (χ2n) is 7.36. The normalized spacial score (nSPS) is 13.5. The molecule has 0 radical (unpaired) electrons. The molecule has 0 aliphatic carbocycles. The summed E-state index contributed by atoms with van der Waals surface area (Å²) in [6.07, 6.45) is -4.89. The Hall–Kier alpha value is -3.41. The summed E-state index contributed by atoms with van der Waals surface area (Å²) in [7, 11) is -4.13. The zero-order valence-electron chi connectivity index (χ0n) is 19.7. The summed E-state index contributed by atoms with van der Waals surface area (Å²) in [6, 6.07) is 8.83. The van der Waals surface area contributed by atoms with Gasteiger partial charge < -0.3 is 14.1 Å². The van der Waals surface area contributed by atoms with Crippen molar-refractivity contribution in [3.8, 4) is 11.5 Å². The molecular weight excluding hydrogens is 572 g/mol. The number of hydrogen-bond donors (Lipinski definition) is 0. The van der Waals surface area contributed by atoms with Crippen LogP contribution in [0.2, 0.25) is 5.02 Å². The molecule has 0 spiro atoms. The molecular formula is C23H19ClF3N2O7PS. The fraction of sp³-hybridized carbons (Fsp3) is 0.217. The predicted octanol–water partition coefficient (Wildman–Crippen LogP) is 7.03. The lowest BCUT2D eigenvalue weighted by Gasteiger charge is -2.16. The van der Waals surface area contributed by atoms with Crippen LogP contribution in [0.1, 0.15) is 24.3 Å². The third-order valence-electron chi connectivity index (χ3n) is 4.90. The number of nitrogens with zero attached hydrogens (tertiary/aromatic N) is 2. The molecule has 0 saturated carbocycles. The molecule has 0 aliphatic rings. The van der Waals surface area contributed by atoms with Gasteiger partial charge in [-0.2, -0.15) is 13.2 Å². The van der Waals surface area contributed by atoms with E-state index in [1.807, 2.05) is 0 Å². The molecule has 1 heterocycles. The van der Waals surface area contributed by atoms with Crippen molar-refractivity contribution < 1.29 is 41.6 Å². The number of ether oxygens (including phenoxy) is 2. The Balaban J connectivity index is 2.02. The topological polar surface area (TPSA) is 117 Å². The van der Waals surface area contributed by atoms with Gasteiger partial charge in [-0.15, -0.1) is 11.3 Å². The molecule has 2 aromatic carbocycles. The summed E-state index contributed by atoms with van der Waals surface area (Å²) in [5, 5.41) is 16.4. The first-order chi connectivity index (χ1) is 17.9. The summed E-state index contributed by atoms with van der Waals surface area (Å²) in [5.74, 6) is -1.13. The number of carbonyl (C=O) groups is 1. The zero-order valence-corrected chi connectivity index (χ0v) is 22.2. The Morgan fingerprint density at radius 2 is 1.92 bits per heavy atom. The number of benzene rings is 2. The maximum Gasteiger partial charge on any atom is 0.416 e. The molecule has 1 aromatic heterocycles. The summed E-state index contributed by atoms with van der Waals surface area (Å²) in [5.41, 5.74) is -1.85. The Bertz CT molecular complexity index is 1410. The van der Waals surface area contributed by atoms with Gasteiger partial charge in [-0.05, 0) is 42.6 Å². The average Bonchev–Trinajstić information content (AvgIpc) is 3.39. The SMILES string of the molecule is CCOC(=O)C(=NOP(=O)(CC)c1cc(Oc2ccc(C(F)(F)F)cc2Cl)ccc1[N+](=O)[O-])c1cccs1. The number of oxime groups is 1. The van der Waals surface area contributed by atoms with Crippen molar-refractivity contribution in [3.05, 3.63) is 79.5 Å². The number of hydrogen-bond acceptors (Lipinski definition) is 9. The first-order valence-electron chi connectivity index (χ1n) is 10.8. The van der Waals surface area contributed by atoms with E-state index in [9.17, 15) is 32.6 Å². The van der Waals surface area contributed by atoms with Gasteiger partial charge in [0.15, 0.2) is 0 Å². The van der Waals surface area contributed by atoms with Crippen LogP contribution in [-0.2, 0) is 24.9 Å². The van der Waals surface area contributed by atoms with Gasteiger partial charge in [0.2, 0.25) is 5.71 Å². The van der Waals surface area contributed by atoms with Crippen LogP contribution in [-0.4, -0.2) is 29.4 Å². The van der Waals surface area contributed by atoms with E-state index >= 15 is 0 Å². The van der Waals surface area contributed by atoms with E-state index < -0.39 is 35.7 Å². The summed E-state index contributed by atoms with van der Waals surface area (Å²) in [6.45, 7) is 3.06. The number of thiophene rings is 1. The standard InChI is InChI=1S/C23H19ClF3N2O7PS/c1-3-34-22(30)21(20-6-5-11-38-20)28-36-37(33,4-2)19-13-15(8-9-17(19)29(31)32)35-18-10-7-14(12-16(18)24)23(25,26)27/h5-13H,3-4H2,1-2H3. The molecule has 38 heavy (non-hydrogen) atoms. The maximum atomic E-state index is 13.8. The predicted molar refractivity (Wildman–Crippen MR) is 136 cm³/mol. The second-order valence-corrected chi connectivity index (χ2v) is 11.3. The number of rotatable bonds is 10. The van der Waals surface area contributed by atoms with Crippen molar-refractivity contribution in [2.45, 2.75) is 20.0 Å². The quantitative estimate of drug-likeness (QED) is 0.0818. The Morgan fingerprint density at radius 1 is 1.18 bits per heavy atom. The molecule has 1 atom stereocenters. The summed E-state index contributed by atoms with van der Waals surface area (Å²) >= 11 is 7.08. The third-order valence-corrected chi connectivity index (χ3v) is 8.34. The Kier molecular flexibility index (Phi) is 9.18. The van der Waals surface area contributed by atoms with Gasteiger partial charge in [-0.1, -0.05) is 29.7 Å². The molecule has 0 amide bonds. The summed E-state index contributed by atoms with van der Waals surface area (Å²) in [4.78, 5) is 23.7. The maximum absolute atomic E-state index is 13.8. The largest absolute Gasteiger partial charge is 0.461 e. The lowest BCUT2D eigenvalue weighted by molar-refractivity contribution is -0.383. The van der Waals surface area contributed by atoms with Crippen LogP contribution in [0.3, 0.4) is 0 Å². The van der Waals surface area contributed by atoms with Crippen LogP contribution in [0.4, 0.5) is 18.9 Å². The van der Waals surface area contributed by atoms with Gasteiger partial charge in [0.1, 0.15) is 16.8 Å². The third kappa shape index (κ3) is 6.72. The first-order valence-corrected chi connectivity index (χ1v) is 13.9. The number of nitro groups is 1. The highest BCUT2D eigenvalue weighted by atomic mass is 35.5. The van der Waals surface area contributed by atoms with Crippen LogP contribution < -0.4 is 10.0 Å². The first kappa shape index (κ1) is 29.2. The number of esters is 1. The molecule has 15 heteroatoms. The highest BCUT2D eigenvalue weighted by Gasteiger charge is 2.35. The van der Waals surface area contributed by atoms with Crippen molar-refractivity contribution in [2.75, 3.05) is 12.8 Å². The monoisotopic (exact) mass is 590 g/mol. The van der Waals surface area contributed by atoms with Crippen LogP contribution in [0.15, 0.2) is 59.1 Å². The van der Waals surface area contributed by atoms with E-state index in [-0.39, 0.29) is 40.3 Å². The molecule has 0 fully saturated rings. The highest BCUT2D eigenvalue weighted by Crippen LogP contribution is 2.49. The van der Waals surface area contributed by atoms with E-state index in [2.05, 4.69) is 5.16 Å². The Morgan fingerprint density at radius 3 is 2.47 bits per heavy atom. The van der Waals surface area contributed by atoms with Crippen LogP contribution in [0, 0.1) is 10.1 Å². The smallest absolute Gasteiger partial charge is 0.416 e. The van der Waals surface area contributed by atoms with E-state index in [0.717, 1.165) is 41.7 Å². The number of alkyl halides is 3. The summed E-state index contributed by atoms with van der Waals surface area (Å²) < 4.78 is 68.5. The number of halogens is 4. The molecule has 0 bridgehead atoms. The molecule has 9 nitrogen and oxygen atoms in total. The van der Waals surface area contributed by atoms with Gasteiger partial charge >= 0.3 is 19.5 Å². The lowest BCUT2D eigenvalue weighted by atomic mass is 10.2. The lowest BCUT2D eigenvalue weighted by Crippen LogP contribution is -2.19. The molecule has 202 valence electrons. The minimum atomic E-state index is -4.63.